The molecular weight excluding hydrogens is 227 g/mol. The average molecular weight is 245 g/mol. The van der Waals surface area contributed by atoms with Crippen LogP contribution in [0.15, 0.2) is 24.3 Å². The highest BCUT2D eigenvalue weighted by atomic mass is 19.4. The Labute approximate surface area is 99.8 Å². The van der Waals surface area contributed by atoms with Crippen LogP contribution in [0, 0.1) is 5.92 Å². The summed E-state index contributed by atoms with van der Waals surface area (Å²) in [7, 11) is 0. The molecule has 4 heteroatoms. The van der Waals surface area contributed by atoms with E-state index in [0.717, 1.165) is 11.6 Å². The van der Waals surface area contributed by atoms with E-state index in [-0.39, 0.29) is 11.8 Å². The summed E-state index contributed by atoms with van der Waals surface area (Å²) in [6.45, 7) is 4.49. The monoisotopic (exact) mass is 245 g/mol. The molecule has 0 bridgehead atoms. The SMILES string of the molecule is CC(C)C(CCN)c1cccc(C(F)(F)F)c1. The molecule has 0 aliphatic heterocycles. The number of halogens is 3. The van der Waals surface area contributed by atoms with Crippen molar-refractivity contribution < 1.29 is 13.2 Å². The normalized spacial score (nSPS) is 14.1. The Morgan fingerprint density at radius 3 is 2.35 bits per heavy atom. The minimum atomic E-state index is -4.28. The lowest BCUT2D eigenvalue weighted by molar-refractivity contribution is -0.137. The maximum atomic E-state index is 12.6. The van der Waals surface area contributed by atoms with Gasteiger partial charge in [0.25, 0.3) is 0 Å². The van der Waals surface area contributed by atoms with Gasteiger partial charge in [0.15, 0.2) is 0 Å². The van der Waals surface area contributed by atoms with Gasteiger partial charge in [-0.2, -0.15) is 13.2 Å². The third-order valence-electron chi connectivity index (χ3n) is 2.92. The maximum Gasteiger partial charge on any atom is 0.416 e. The zero-order valence-corrected chi connectivity index (χ0v) is 10.1. The fourth-order valence-corrected chi connectivity index (χ4v) is 2.01. The topological polar surface area (TPSA) is 26.0 Å². The Kier molecular flexibility index (Phi) is 4.57. The van der Waals surface area contributed by atoms with E-state index in [4.69, 9.17) is 5.73 Å². The zero-order valence-electron chi connectivity index (χ0n) is 10.1. The number of hydrogen-bond donors (Lipinski definition) is 1. The summed E-state index contributed by atoms with van der Waals surface area (Å²) in [5.74, 6) is 0.365. The van der Waals surface area contributed by atoms with Crippen molar-refractivity contribution in [3.8, 4) is 0 Å². The van der Waals surface area contributed by atoms with E-state index < -0.39 is 11.7 Å². The molecule has 96 valence electrons. The smallest absolute Gasteiger partial charge is 0.330 e. The number of benzene rings is 1. The van der Waals surface area contributed by atoms with Gasteiger partial charge in [0.1, 0.15) is 0 Å². The van der Waals surface area contributed by atoms with Crippen LogP contribution in [-0.4, -0.2) is 6.54 Å². The standard InChI is InChI=1S/C13H18F3N/c1-9(2)12(6-7-17)10-4-3-5-11(8-10)13(14,15)16/h3-5,8-9,12H,6-7,17H2,1-2H3. The predicted octanol–water partition coefficient (Wildman–Crippen LogP) is 3.79. The molecule has 0 spiro atoms. The van der Waals surface area contributed by atoms with Gasteiger partial charge in [-0.05, 0) is 36.4 Å². The summed E-state index contributed by atoms with van der Waals surface area (Å²) >= 11 is 0. The zero-order chi connectivity index (χ0) is 13.1. The van der Waals surface area contributed by atoms with E-state index >= 15 is 0 Å². The molecule has 1 nitrogen and oxygen atoms in total. The predicted molar refractivity (Wildman–Crippen MR) is 62.7 cm³/mol. The van der Waals surface area contributed by atoms with Crippen molar-refractivity contribution in [3.63, 3.8) is 0 Å². The Morgan fingerprint density at radius 2 is 1.88 bits per heavy atom. The molecule has 1 unspecified atom stereocenters. The van der Waals surface area contributed by atoms with Crippen LogP contribution in [0.4, 0.5) is 13.2 Å². The lowest BCUT2D eigenvalue weighted by Gasteiger charge is -2.21. The third kappa shape index (κ3) is 3.73. The summed E-state index contributed by atoms with van der Waals surface area (Å²) in [5, 5.41) is 0. The van der Waals surface area contributed by atoms with Gasteiger partial charge in [-0.25, -0.2) is 0 Å². The van der Waals surface area contributed by atoms with Gasteiger partial charge in [0.05, 0.1) is 5.56 Å². The molecule has 1 aromatic carbocycles. The first-order valence-corrected chi connectivity index (χ1v) is 5.73. The van der Waals surface area contributed by atoms with Crippen molar-refractivity contribution in [3.05, 3.63) is 35.4 Å². The highest BCUT2D eigenvalue weighted by Gasteiger charge is 2.31. The second-order valence-electron chi connectivity index (χ2n) is 4.55. The van der Waals surface area contributed by atoms with Crippen LogP contribution in [0.5, 0.6) is 0 Å². The minimum Gasteiger partial charge on any atom is -0.330 e. The van der Waals surface area contributed by atoms with E-state index in [1.807, 2.05) is 13.8 Å². The minimum absolute atomic E-state index is 0.0855. The van der Waals surface area contributed by atoms with Gasteiger partial charge in [-0.3, -0.25) is 0 Å². The molecule has 1 aromatic rings. The van der Waals surface area contributed by atoms with Crippen molar-refractivity contribution in [2.45, 2.75) is 32.4 Å². The Morgan fingerprint density at radius 1 is 1.24 bits per heavy atom. The molecule has 0 aliphatic carbocycles. The lowest BCUT2D eigenvalue weighted by Crippen LogP contribution is -2.14. The molecular formula is C13H18F3N. The summed E-state index contributed by atoms with van der Waals surface area (Å²) in [6.07, 6.45) is -3.57. The van der Waals surface area contributed by atoms with Gasteiger partial charge in [0, 0.05) is 0 Å². The van der Waals surface area contributed by atoms with E-state index in [2.05, 4.69) is 0 Å². The number of alkyl halides is 3. The van der Waals surface area contributed by atoms with Crippen molar-refractivity contribution in [2.24, 2.45) is 11.7 Å². The molecule has 17 heavy (non-hydrogen) atoms. The van der Waals surface area contributed by atoms with Crippen molar-refractivity contribution in [1.29, 1.82) is 0 Å². The Bertz CT molecular complexity index is 358. The van der Waals surface area contributed by atoms with E-state index in [1.54, 1.807) is 6.07 Å². The second kappa shape index (κ2) is 5.54. The molecule has 0 aliphatic rings. The Hall–Kier alpha value is -1.03. The molecule has 2 N–H and O–H groups in total. The number of hydrogen-bond acceptors (Lipinski definition) is 1. The fraction of sp³-hybridized carbons (Fsp3) is 0.538. The van der Waals surface area contributed by atoms with E-state index in [9.17, 15) is 13.2 Å². The van der Waals surface area contributed by atoms with Crippen LogP contribution < -0.4 is 5.73 Å². The summed E-state index contributed by atoms with van der Waals surface area (Å²) < 4.78 is 37.8. The van der Waals surface area contributed by atoms with E-state index in [0.29, 0.717) is 13.0 Å². The second-order valence-corrected chi connectivity index (χ2v) is 4.55. The Balaban J connectivity index is 3.04. The number of rotatable bonds is 4. The summed E-state index contributed by atoms with van der Waals surface area (Å²) in [6, 6.07) is 5.54. The van der Waals surface area contributed by atoms with Crippen LogP contribution in [0.2, 0.25) is 0 Å². The number of nitrogens with two attached hydrogens (primary N) is 1. The maximum absolute atomic E-state index is 12.6. The molecule has 1 atom stereocenters. The van der Waals surface area contributed by atoms with Crippen LogP contribution in [-0.2, 0) is 6.18 Å². The fourth-order valence-electron chi connectivity index (χ4n) is 2.01. The molecule has 0 aromatic heterocycles. The first-order chi connectivity index (χ1) is 7.86. The molecule has 0 saturated heterocycles. The van der Waals surface area contributed by atoms with Gasteiger partial charge in [-0.15, -0.1) is 0 Å². The van der Waals surface area contributed by atoms with Crippen LogP contribution in [0.25, 0.3) is 0 Å². The summed E-state index contributed by atoms with van der Waals surface area (Å²) in [5.41, 5.74) is 5.64. The van der Waals surface area contributed by atoms with Crippen LogP contribution >= 0.6 is 0 Å². The van der Waals surface area contributed by atoms with Gasteiger partial charge >= 0.3 is 6.18 Å². The first kappa shape index (κ1) is 14.0. The quantitative estimate of drug-likeness (QED) is 0.858. The molecule has 0 radical (unpaired) electrons. The molecule has 0 heterocycles. The molecule has 0 amide bonds. The molecule has 0 saturated carbocycles. The summed E-state index contributed by atoms with van der Waals surface area (Å²) in [4.78, 5) is 0. The third-order valence-corrected chi connectivity index (χ3v) is 2.92. The first-order valence-electron chi connectivity index (χ1n) is 5.73. The van der Waals surface area contributed by atoms with Gasteiger partial charge < -0.3 is 5.73 Å². The van der Waals surface area contributed by atoms with Crippen molar-refractivity contribution >= 4 is 0 Å². The largest absolute Gasteiger partial charge is 0.416 e. The average Bonchev–Trinajstić information content (AvgIpc) is 2.24. The highest BCUT2D eigenvalue weighted by Crippen LogP contribution is 2.33. The van der Waals surface area contributed by atoms with Crippen LogP contribution in [0.1, 0.15) is 37.3 Å². The highest BCUT2D eigenvalue weighted by molar-refractivity contribution is 5.28. The molecule has 0 fully saturated rings. The van der Waals surface area contributed by atoms with E-state index in [1.165, 1.54) is 12.1 Å². The van der Waals surface area contributed by atoms with Crippen LogP contribution in [0.3, 0.4) is 0 Å². The molecule has 1 rings (SSSR count). The lowest BCUT2D eigenvalue weighted by atomic mass is 9.85. The van der Waals surface area contributed by atoms with Gasteiger partial charge in [-0.1, -0.05) is 32.0 Å². The van der Waals surface area contributed by atoms with Crippen molar-refractivity contribution in [1.82, 2.24) is 0 Å². The van der Waals surface area contributed by atoms with Crippen molar-refractivity contribution in [2.75, 3.05) is 6.54 Å². The van der Waals surface area contributed by atoms with Gasteiger partial charge in [0.2, 0.25) is 0 Å².